The first kappa shape index (κ1) is 10.8. The Morgan fingerprint density at radius 3 is 2.64 bits per heavy atom. The molecule has 4 nitrogen and oxygen atoms in total. The summed E-state index contributed by atoms with van der Waals surface area (Å²) in [4.78, 5) is 0. The Labute approximate surface area is 74.5 Å². The Hall–Kier alpha value is -0.230. The molecule has 0 aromatic heterocycles. The Balaban J connectivity index is 3.81. The fraction of sp³-hybridized carbons (Fsp3) is 0.800. The van der Waals surface area contributed by atoms with Crippen LogP contribution in [0.3, 0.4) is 0 Å². The lowest BCUT2D eigenvalue weighted by atomic mass is 10.5. The number of amidine groups is 1. The zero-order valence-electron chi connectivity index (χ0n) is 6.63. The second-order valence-electron chi connectivity index (χ2n) is 1.78. The summed E-state index contributed by atoms with van der Waals surface area (Å²) in [6.07, 6.45) is 2.80. The molecule has 0 aliphatic heterocycles. The van der Waals surface area contributed by atoms with E-state index in [0.29, 0.717) is 11.7 Å². The summed E-state index contributed by atoms with van der Waals surface area (Å²) < 4.78 is 0. The molecule has 11 heavy (non-hydrogen) atoms. The number of rotatable bonds is 4. The van der Waals surface area contributed by atoms with Crippen LogP contribution in [0.25, 0.3) is 0 Å². The van der Waals surface area contributed by atoms with Crippen LogP contribution < -0.4 is 0 Å². The maximum absolute atomic E-state index is 7.40. The molecule has 64 valence electrons. The molecule has 0 rings (SSSR count). The minimum absolute atomic E-state index is 0.328. The lowest BCUT2D eigenvalue weighted by Crippen LogP contribution is -2.21. The molecule has 2 N–H and O–H groups in total. The SMILES string of the molecule is CCCN(N=N)C(=N)SSC. The van der Waals surface area contributed by atoms with E-state index in [1.165, 1.54) is 26.6 Å². The minimum atomic E-state index is 0.328. The van der Waals surface area contributed by atoms with E-state index in [1.807, 2.05) is 13.2 Å². The van der Waals surface area contributed by atoms with Crippen molar-refractivity contribution >= 4 is 26.8 Å². The Morgan fingerprint density at radius 2 is 2.27 bits per heavy atom. The largest absolute Gasteiger partial charge is 0.276 e. The molecule has 0 aromatic carbocycles. The van der Waals surface area contributed by atoms with E-state index in [2.05, 4.69) is 5.22 Å². The number of hydrogen-bond donors (Lipinski definition) is 2. The van der Waals surface area contributed by atoms with Crippen LogP contribution in [0.4, 0.5) is 0 Å². The molecule has 0 saturated heterocycles. The van der Waals surface area contributed by atoms with Gasteiger partial charge in [-0.3, -0.25) is 5.41 Å². The summed E-state index contributed by atoms with van der Waals surface area (Å²) in [5, 5.41) is 12.3. The van der Waals surface area contributed by atoms with Crippen molar-refractivity contribution in [2.45, 2.75) is 13.3 Å². The molecule has 0 aromatic rings. The van der Waals surface area contributed by atoms with Crippen molar-refractivity contribution in [3.63, 3.8) is 0 Å². The van der Waals surface area contributed by atoms with Gasteiger partial charge in [0, 0.05) is 6.54 Å². The Bertz CT molecular complexity index is 138. The van der Waals surface area contributed by atoms with Gasteiger partial charge in [0.1, 0.15) is 0 Å². The summed E-state index contributed by atoms with van der Waals surface area (Å²) in [7, 11) is 2.80. The van der Waals surface area contributed by atoms with Crippen LogP contribution in [0.2, 0.25) is 0 Å². The summed E-state index contributed by atoms with van der Waals surface area (Å²) in [5.41, 5.74) is 6.76. The van der Waals surface area contributed by atoms with Crippen LogP contribution in [0.5, 0.6) is 0 Å². The lowest BCUT2D eigenvalue weighted by Gasteiger charge is -2.14. The Kier molecular flexibility index (Phi) is 6.34. The third kappa shape index (κ3) is 4.26. The predicted octanol–water partition coefficient (Wildman–Crippen LogP) is 2.59. The molecule has 6 heteroatoms. The van der Waals surface area contributed by atoms with Crippen molar-refractivity contribution < 1.29 is 0 Å². The molecule has 0 amide bonds. The molecule has 0 fully saturated rings. The molecule has 0 spiro atoms. The van der Waals surface area contributed by atoms with Crippen LogP contribution in [-0.2, 0) is 0 Å². The fourth-order valence-corrected chi connectivity index (χ4v) is 1.64. The Morgan fingerprint density at radius 1 is 1.64 bits per heavy atom. The van der Waals surface area contributed by atoms with Gasteiger partial charge in [0.25, 0.3) is 0 Å². The topological polar surface area (TPSA) is 63.3 Å². The van der Waals surface area contributed by atoms with Crippen LogP contribution in [-0.4, -0.2) is 23.0 Å². The highest BCUT2D eigenvalue weighted by Crippen LogP contribution is 2.20. The molecule has 0 aliphatic carbocycles. The monoisotopic (exact) mass is 192 g/mol. The van der Waals surface area contributed by atoms with Crippen molar-refractivity contribution in [3.05, 3.63) is 0 Å². The van der Waals surface area contributed by atoms with Gasteiger partial charge >= 0.3 is 0 Å². The molecule has 0 radical (unpaired) electrons. The molecular formula is C5H12N4S2. The average Bonchev–Trinajstić information content (AvgIpc) is 2.00. The van der Waals surface area contributed by atoms with Gasteiger partial charge in [0.05, 0.1) is 0 Å². The van der Waals surface area contributed by atoms with E-state index >= 15 is 0 Å². The summed E-state index contributed by atoms with van der Waals surface area (Å²) in [6, 6.07) is 0. The van der Waals surface area contributed by atoms with E-state index < -0.39 is 0 Å². The van der Waals surface area contributed by atoms with Gasteiger partial charge in [-0.15, -0.1) is 0 Å². The lowest BCUT2D eigenvalue weighted by molar-refractivity contribution is 0.409. The van der Waals surface area contributed by atoms with Crippen molar-refractivity contribution in [1.82, 2.24) is 5.01 Å². The number of hydrogen-bond acceptors (Lipinski definition) is 5. The van der Waals surface area contributed by atoms with E-state index in [1.54, 1.807) is 0 Å². The van der Waals surface area contributed by atoms with Crippen LogP contribution in [0, 0.1) is 10.9 Å². The van der Waals surface area contributed by atoms with Crippen LogP contribution >= 0.6 is 21.6 Å². The normalized spacial score (nSPS) is 9.27. The van der Waals surface area contributed by atoms with Crippen molar-refractivity contribution in [2.24, 2.45) is 5.22 Å². The van der Waals surface area contributed by atoms with Gasteiger partial charge < -0.3 is 0 Å². The van der Waals surface area contributed by atoms with Crippen LogP contribution in [0.1, 0.15) is 13.3 Å². The van der Waals surface area contributed by atoms with Gasteiger partial charge in [-0.1, -0.05) is 22.9 Å². The van der Waals surface area contributed by atoms with Gasteiger partial charge in [-0.05, 0) is 23.5 Å². The highest BCUT2D eigenvalue weighted by Gasteiger charge is 2.06. The average molecular weight is 192 g/mol. The second-order valence-corrected chi connectivity index (χ2v) is 4.16. The van der Waals surface area contributed by atoms with Crippen molar-refractivity contribution in [2.75, 3.05) is 12.8 Å². The zero-order valence-corrected chi connectivity index (χ0v) is 8.26. The highest BCUT2D eigenvalue weighted by molar-refractivity contribution is 8.82. The van der Waals surface area contributed by atoms with E-state index in [-0.39, 0.29) is 0 Å². The number of nitrogens with zero attached hydrogens (tertiary/aromatic N) is 2. The van der Waals surface area contributed by atoms with Gasteiger partial charge in [-0.25, -0.2) is 5.01 Å². The standard InChI is InChI=1S/C5H12N4S2/c1-3-4-9(8-7)5(6)11-10-2/h6-7H,3-4H2,1-2H3. The minimum Gasteiger partial charge on any atom is -0.276 e. The van der Waals surface area contributed by atoms with Gasteiger partial charge in [0.15, 0.2) is 5.17 Å². The summed E-state index contributed by atoms with van der Waals surface area (Å²) in [6.45, 7) is 2.64. The maximum atomic E-state index is 7.40. The zero-order chi connectivity index (χ0) is 8.69. The number of nitrogens with one attached hydrogen (secondary N) is 2. The predicted molar refractivity (Wildman–Crippen MR) is 51.0 cm³/mol. The molecule has 0 saturated carbocycles. The first-order valence-electron chi connectivity index (χ1n) is 3.20. The molecular weight excluding hydrogens is 180 g/mol. The van der Waals surface area contributed by atoms with E-state index in [0.717, 1.165) is 6.42 Å². The second kappa shape index (κ2) is 6.48. The van der Waals surface area contributed by atoms with E-state index in [9.17, 15) is 0 Å². The maximum Gasteiger partial charge on any atom is 0.189 e. The van der Waals surface area contributed by atoms with Crippen LogP contribution in [0.15, 0.2) is 5.22 Å². The van der Waals surface area contributed by atoms with Gasteiger partial charge in [0.2, 0.25) is 0 Å². The first-order valence-corrected chi connectivity index (χ1v) is 5.76. The van der Waals surface area contributed by atoms with E-state index in [4.69, 9.17) is 10.9 Å². The molecule has 0 heterocycles. The van der Waals surface area contributed by atoms with Crippen molar-refractivity contribution in [1.29, 1.82) is 10.9 Å². The molecule has 0 aliphatic rings. The first-order chi connectivity index (χ1) is 5.26. The van der Waals surface area contributed by atoms with Crippen molar-refractivity contribution in [3.8, 4) is 0 Å². The fourth-order valence-electron chi connectivity index (χ4n) is 0.531. The van der Waals surface area contributed by atoms with Gasteiger partial charge in [-0.2, -0.15) is 5.53 Å². The molecule has 0 bridgehead atoms. The smallest absolute Gasteiger partial charge is 0.189 e. The third-order valence-corrected chi connectivity index (χ3v) is 2.46. The summed E-state index contributed by atoms with van der Waals surface area (Å²) in [5.74, 6) is 0. The quantitative estimate of drug-likeness (QED) is 0.236. The third-order valence-electron chi connectivity index (χ3n) is 0.953. The summed E-state index contributed by atoms with van der Waals surface area (Å²) >= 11 is 0. The molecule has 0 unspecified atom stereocenters. The molecule has 0 atom stereocenters. The highest BCUT2D eigenvalue weighted by atomic mass is 33.1.